The summed E-state index contributed by atoms with van der Waals surface area (Å²) in [5.74, 6) is 0.0990. The van der Waals surface area contributed by atoms with Gasteiger partial charge in [0.1, 0.15) is 5.82 Å². The molecule has 2 aromatic rings. The molecule has 5 nitrogen and oxygen atoms in total. The second-order valence-electron chi connectivity index (χ2n) is 5.92. The maximum Gasteiger partial charge on any atom is 0.335 e. The number of aromatic nitrogens is 2. The van der Waals surface area contributed by atoms with Gasteiger partial charge in [0.2, 0.25) is 0 Å². The SMILES string of the molecule is CCCc1nc2cc(C(=O)O)ccc2n1C1(C)CCOC1. The van der Waals surface area contributed by atoms with Gasteiger partial charge in [-0.1, -0.05) is 6.92 Å². The molecular weight excluding hydrogens is 268 g/mol. The minimum atomic E-state index is -0.918. The Morgan fingerprint density at radius 3 is 2.95 bits per heavy atom. The van der Waals surface area contributed by atoms with Crippen molar-refractivity contribution in [1.29, 1.82) is 0 Å². The van der Waals surface area contributed by atoms with E-state index in [1.165, 1.54) is 0 Å². The van der Waals surface area contributed by atoms with Crippen molar-refractivity contribution in [1.82, 2.24) is 9.55 Å². The van der Waals surface area contributed by atoms with E-state index in [2.05, 4.69) is 23.4 Å². The first-order valence-electron chi connectivity index (χ1n) is 7.38. The third-order valence-corrected chi connectivity index (χ3v) is 4.18. The molecule has 1 aliphatic rings. The Morgan fingerprint density at radius 1 is 1.52 bits per heavy atom. The number of fused-ring (bicyclic) bond motifs is 1. The van der Waals surface area contributed by atoms with Crippen LogP contribution in [0.1, 0.15) is 42.9 Å². The molecule has 5 heteroatoms. The number of carbonyl (C=O) groups is 1. The van der Waals surface area contributed by atoms with Gasteiger partial charge in [0, 0.05) is 13.0 Å². The van der Waals surface area contributed by atoms with Crippen LogP contribution in [0.5, 0.6) is 0 Å². The highest BCUT2D eigenvalue weighted by Crippen LogP contribution is 2.33. The molecule has 1 N–H and O–H groups in total. The number of benzene rings is 1. The molecule has 1 unspecified atom stereocenters. The van der Waals surface area contributed by atoms with E-state index in [-0.39, 0.29) is 11.1 Å². The standard InChI is InChI=1S/C16H20N2O3/c1-3-4-14-17-12-9-11(15(19)20)5-6-13(12)18(14)16(2)7-8-21-10-16/h5-6,9H,3-4,7-8,10H2,1-2H3,(H,19,20). The van der Waals surface area contributed by atoms with E-state index in [1.807, 2.05) is 6.07 Å². The van der Waals surface area contributed by atoms with E-state index in [0.29, 0.717) is 6.61 Å². The van der Waals surface area contributed by atoms with Gasteiger partial charge in [-0.25, -0.2) is 9.78 Å². The molecule has 3 rings (SSSR count). The highest BCUT2D eigenvalue weighted by Gasteiger charge is 2.34. The molecule has 0 radical (unpaired) electrons. The fourth-order valence-corrected chi connectivity index (χ4v) is 3.09. The first-order valence-corrected chi connectivity index (χ1v) is 7.38. The maximum atomic E-state index is 11.1. The Kier molecular flexibility index (Phi) is 3.45. The molecular formula is C16H20N2O3. The molecule has 0 saturated carbocycles. The summed E-state index contributed by atoms with van der Waals surface area (Å²) < 4.78 is 7.84. The Labute approximate surface area is 123 Å². The van der Waals surface area contributed by atoms with Crippen LogP contribution in [0, 0.1) is 0 Å². The van der Waals surface area contributed by atoms with Gasteiger partial charge in [0.05, 0.1) is 28.7 Å². The fraction of sp³-hybridized carbons (Fsp3) is 0.500. The van der Waals surface area contributed by atoms with E-state index >= 15 is 0 Å². The number of hydrogen-bond donors (Lipinski definition) is 1. The summed E-state index contributed by atoms with van der Waals surface area (Å²) in [6.07, 6.45) is 2.84. The lowest BCUT2D eigenvalue weighted by atomic mass is 10.0. The van der Waals surface area contributed by atoms with Gasteiger partial charge in [0.25, 0.3) is 0 Å². The highest BCUT2D eigenvalue weighted by atomic mass is 16.5. The van der Waals surface area contributed by atoms with E-state index < -0.39 is 5.97 Å². The third-order valence-electron chi connectivity index (χ3n) is 4.18. The molecule has 1 aromatic carbocycles. The summed E-state index contributed by atoms with van der Waals surface area (Å²) in [5, 5.41) is 9.13. The first-order chi connectivity index (χ1) is 10.0. The summed E-state index contributed by atoms with van der Waals surface area (Å²) in [6, 6.07) is 5.18. The molecule has 112 valence electrons. The summed E-state index contributed by atoms with van der Waals surface area (Å²) in [6.45, 7) is 5.75. The minimum Gasteiger partial charge on any atom is -0.478 e. The van der Waals surface area contributed by atoms with Crippen LogP contribution in [0.2, 0.25) is 0 Å². The zero-order chi connectivity index (χ0) is 15.0. The Hall–Kier alpha value is -1.88. The second kappa shape index (κ2) is 5.15. The quantitative estimate of drug-likeness (QED) is 0.939. The zero-order valence-corrected chi connectivity index (χ0v) is 12.4. The number of carboxylic acids is 1. The smallest absolute Gasteiger partial charge is 0.335 e. The number of hydrogen-bond acceptors (Lipinski definition) is 3. The number of carboxylic acid groups (broad SMARTS) is 1. The van der Waals surface area contributed by atoms with Crippen LogP contribution in [0.4, 0.5) is 0 Å². The van der Waals surface area contributed by atoms with Crippen molar-refractivity contribution in [3.05, 3.63) is 29.6 Å². The van der Waals surface area contributed by atoms with Crippen LogP contribution < -0.4 is 0 Å². The number of aromatic carboxylic acids is 1. The van der Waals surface area contributed by atoms with Gasteiger partial charge in [-0.2, -0.15) is 0 Å². The lowest BCUT2D eigenvalue weighted by Gasteiger charge is -2.27. The average Bonchev–Trinajstić information content (AvgIpc) is 3.02. The van der Waals surface area contributed by atoms with Gasteiger partial charge in [-0.15, -0.1) is 0 Å². The van der Waals surface area contributed by atoms with Crippen LogP contribution in [-0.2, 0) is 16.7 Å². The number of imidazole rings is 1. The first kappa shape index (κ1) is 14.1. The summed E-state index contributed by atoms with van der Waals surface area (Å²) in [5.41, 5.74) is 1.94. The number of aryl methyl sites for hydroxylation is 1. The monoisotopic (exact) mass is 288 g/mol. The van der Waals surface area contributed by atoms with Gasteiger partial charge in [-0.05, 0) is 38.0 Å². The lowest BCUT2D eigenvalue weighted by Crippen LogP contribution is -2.32. The molecule has 0 aliphatic carbocycles. The zero-order valence-electron chi connectivity index (χ0n) is 12.4. The van der Waals surface area contributed by atoms with Gasteiger partial charge >= 0.3 is 5.97 Å². The number of ether oxygens (including phenoxy) is 1. The second-order valence-corrected chi connectivity index (χ2v) is 5.92. The van der Waals surface area contributed by atoms with Crippen LogP contribution in [0.3, 0.4) is 0 Å². The van der Waals surface area contributed by atoms with E-state index in [1.54, 1.807) is 12.1 Å². The van der Waals surface area contributed by atoms with Crippen molar-refractivity contribution in [3.8, 4) is 0 Å². The summed E-state index contributed by atoms with van der Waals surface area (Å²) in [4.78, 5) is 15.8. The molecule has 21 heavy (non-hydrogen) atoms. The predicted molar refractivity (Wildman–Crippen MR) is 79.8 cm³/mol. The fourth-order valence-electron chi connectivity index (χ4n) is 3.09. The third kappa shape index (κ3) is 2.31. The predicted octanol–water partition coefficient (Wildman–Crippen LogP) is 2.82. The van der Waals surface area contributed by atoms with Crippen molar-refractivity contribution < 1.29 is 14.6 Å². The number of nitrogens with zero attached hydrogens (tertiary/aromatic N) is 2. The molecule has 0 spiro atoms. The average molecular weight is 288 g/mol. The van der Waals surface area contributed by atoms with Gasteiger partial charge in [-0.3, -0.25) is 0 Å². The summed E-state index contributed by atoms with van der Waals surface area (Å²) >= 11 is 0. The largest absolute Gasteiger partial charge is 0.478 e. The summed E-state index contributed by atoms with van der Waals surface area (Å²) in [7, 11) is 0. The van der Waals surface area contributed by atoms with Gasteiger partial charge in [0.15, 0.2) is 0 Å². The topological polar surface area (TPSA) is 64.3 Å². The molecule has 1 saturated heterocycles. The van der Waals surface area contributed by atoms with Crippen LogP contribution in [0.25, 0.3) is 11.0 Å². The van der Waals surface area contributed by atoms with Crippen LogP contribution >= 0.6 is 0 Å². The van der Waals surface area contributed by atoms with Crippen molar-refractivity contribution in [2.24, 2.45) is 0 Å². The van der Waals surface area contributed by atoms with E-state index in [4.69, 9.17) is 9.84 Å². The van der Waals surface area contributed by atoms with E-state index in [9.17, 15) is 4.79 Å². The molecule has 0 amide bonds. The van der Waals surface area contributed by atoms with Crippen molar-refractivity contribution >= 4 is 17.0 Å². The van der Waals surface area contributed by atoms with Crippen LogP contribution in [0.15, 0.2) is 18.2 Å². The normalized spacial score (nSPS) is 22.0. The van der Waals surface area contributed by atoms with Crippen LogP contribution in [-0.4, -0.2) is 33.8 Å². The van der Waals surface area contributed by atoms with E-state index in [0.717, 1.165) is 42.7 Å². The Morgan fingerprint density at radius 2 is 2.33 bits per heavy atom. The minimum absolute atomic E-state index is 0.0933. The lowest BCUT2D eigenvalue weighted by molar-refractivity contribution is 0.0697. The number of rotatable bonds is 4. The molecule has 2 heterocycles. The molecule has 1 aromatic heterocycles. The molecule has 1 fully saturated rings. The Balaban J connectivity index is 2.20. The van der Waals surface area contributed by atoms with Crippen molar-refractivity contribution in [2.75, 3.05) is 13.2 Å². The maximum absolute atomic E-state index is 11.1. The van der Waals surface area contributed by atoms with Gasteiger partial charge < -0.3 is 14.4 Å². The highest BCUT2D eigenvalue weighted by molar-refractivity contribution is 5.92. The van der Waals surface area contributed by atoms with Crippen molar-refractivity contribution in [3.63, 3.8) is 0 Å². The molecule has 1 aliphatic heterocycles. The molecule has 0 bridgehead atoms. The molecule has 1 atom stereocenters. The van der Waals surface area contributed by atoms with Crippen molar-refractivity contribution in [2.45, 2.75) is 38.6 Å². The Bertz CT molecular complexity index is 684.